The van der Waals surface area contributed by atoms with Crippen molar-refractivity contribution in [2.75, 3.05) is 5.32 Å². The minimum atomic E-state index is -0.702. The van der Waals surface area contributed by atoms with Gasteiger partial charge in [0.15, 0.2) is 5.82 Å². The van der Waals surface area contributed by atoms with Gasteiger partial charge in [-0.25, -0.2) is 4.68 Å². The summed E-state index contributed by atoms with van der Waals surface area (Å²) in [5.74, 6) is -0.194. The number of carbonyl (C=O) groups is 2. The molecular weight excluding hydrogens is 364 g/mol. The average molecular weight is 390 g/mol. The van der Waals surface area contributed by atoms with Gasteiger partial charge in [0.1, 0.15) is 6.04 Å². The molecule has 0 radical (unpaired) electrons. The molecule has 6 heteroatoms. The molecule has 3 aromatic rings. The molecule has 1 unspecified atom stereocenters. The Hall–Kier alpha value is -3.41. The maximum Gasteiger partial charge on any atom is 0.251 e. The first-order valence-electron chi connectivity index (χ1n) is 9.57. The molecule has 150 valence electrons. The Morgan fingerprint density at radius 3 is 2.24 bits per heavy atom. The van der Waals surface area contributed by atoms with E-state index in [2.05, 4.69) is 36.5 Å². The van der Waals surface area contributed by atoms with E-state index in [0.29, 0.717) is 11.4 Å². The molecule has 0 spiro atoms. The highest BCUT2D eigenvalue weighted by molar-refractivity contribution is 6.00. The second-order valence-electron chi connectivity index (χ2n) is 7.99. The van der Waals surface area contributed by atoms with Crippen LogP contribution in [0.15, 0.2) is 66.9 Å². The second-order valence-corrected chi connectivity index (χ2v) is 7.99. The monoisotopic (exact) mass is 390 g/mol. The van der Waals surface area contributed by atoms with Crippen molar-refractivity contribution in [3.8, 4) is 5.69 Å². The highest BCUT2D eigenvalue weighted by Crippen LogP contribution is 2.22. The minimum Gasteiger partial charge on any atom is -0.341 e. The van der Waals surface area contributed by atoms with Gasteiger partial charge < -0.3 is 10.6 Å². The Bertz CT molecular complexity index is 986. The third-order valence-electron chi connectivity index (χ3n) is 4.62. The molecule has 2 aromatic carbocycles. The van der Waals surface area contributed by atoms with Crippen LogP contribution in [0, 0.1) is 0 Å². The van der Waals surface area contributed by atoms with Crippen molar-refractivity contribution in [2.24, 2.45) is 0 Å². The highest BCUT2D eigenvalue weighted by Gasteiger charge is 2.19. The second kappa shape index (κ2) is 8.31. The number of para-hydroxylation sites is 1. The van der Waals surface area contributed by atoms with Crippen molar-refractivity contribution in [3.05, 3.63) is 78.0 Å². The van der Waals surface area contributed by atoms with Crippen LogP contribution in [0.5, 0.6) is 0 Å². The van der Waals surface area contributed by atoms with Crippen LogP contribution >= 0.6 is 0 Å². The van der Waals surface area contributed by atoms with Gasteiger partial charge in [0.05, 0.1) is 5.69 Å². The number of nitrogens with one attached hydrogen (secondary N) is 2. The number of nitrogens with zero attached hydrogens (tertiary/aromatic N) is 2. The fraction of sp³-hybridized carbons (Fsp3) is 0.261. The first-order chi connectivity index (χ1) is 13.7. The highest BCUT2D eigenvalue weighted by atomic mass is 16.2. The molecule has 0 bridgehead atoms. The van der Waals surface area contributed by atoms with Gasteiger partial charge in [-0.05, 0) is 42.2 Å². The number of aromatic nitrogens is 2. The summed E-state index contributed by atoms with van der Waals surface area (Å²) in [6.07, 6.45) is 1.77. The van der Waals surface area contributed by atoms with Gasteiger partial charge in [0.25, 0.3) is 5.91 Å². The Balaban J connectivity index is 1.59. The molecule has 2 amide bonds. The van der Waals surface area contributed by atoms with Crippen LogP contribution in [0.2, 0.25) is 0 Å². The predicted octanol–water partition coefficient (Wildman–Crippen LogP) is 3.93. The summed E-state index contributed by atoms with van der Waals surface area (Å²) in [6, 6.07) is 18.1. The van der Waals surface area contributed by atoms with Crippen LogP contribution < -0.4 is 10.6 Å². The zero-order chi connectivity index (χ0) is 21.0. The van der Waals surface area contributed by atoms with E-state index in [4.69, 9.17) is 0 Å². The Morgan fingerprint density at radius 2 is 1.62 bits per heavy atom. The summed E-state index contributed by atoms with van der Waals surface area (Å²) >= 11 is 0. The molecule has 2 N–H and O–H groups in total. The van der Waals surface area contributed by atoms with Crippen molar-refractivity contribution in [3.63, 3.8) is 0 Å². The van der Waals surface area contributed by atoms with E-state index in [9.17, 15) is 9.59 Å². The molecule has 0 fully saturated rings. The van der Waals surface area contributed by atoms with E-state index >= 15 is 0 Å². The number of carbonyl (C=O) groups excluding carboxylic acids is 2. The number of anilines is 1. The van der Waals surface area contributed by atoms with E-state index in [-0.39, 0.29) is 17.2 Å². The largest absolute Gasteiger partial charge is 0.341 e. The lowest BCUT2D eigenvalue weighted by Crippen LogP contribution is -2.41. The number of hydrogen-bond acceptors (Lipinski definition) is 3. The van der Waals surface area contributed by atoms with Crippen LogP contribution in [-0.4, -0.2) is 27.6 Å². The summed E-state index contributed by atoms with van der Waals surface area (Å²) in [5.41, 5.74) is 2.58. The van der Waals surface area contributed by atoms with Crippen molar-refractivity contribution in [1.29, 1.82) is 0 Å². The van der Waals surface area contributed by atoms with E-state index in [1.807, 2.05) is 42.5 Å². The lowest BCUT2D eigenvalue weighted by atomic mass is 9.86. The van der Waals surface area contributed by atoms with Gasteiger partial charge in [-0.1, -0.05) is 51.1 Å². The molecule has 1 aromatic heterocycles. The number of benzene rings is 2. The van der Waals surface area contributed by atoms with Gasteiger partial charge in [-0.3, -0.25) is 9.59 Å². The SMILES string of the molecule is CC(NC(=O)c1ccc(C(C)(C)C)cc1)C(=O)Nc1ccn(-c2ccccc2)n1. The van der Waals surface area contributed by atoms with Gasteiger partial charge in [-0.15, -0.1) is 0 Å². The molecule has 0 aliphatic heterocycles. The van der Waals surface area contributed by atoms with Gasteiger partial charge in [-0.2, -0.15) is 5.10 Å². The molecule has 1 atom stereocenters. The van der Waals surface area contributed by atoms with Crippen LogP contribution in [-0.2, 0) is 10.2 Å². The standard InChI is InChI=1S/C23H26N4O2/c1-16(24-22(29)17-10-12-18(13-11-17)23(2,3)4)21(28)25-20-14-15-27(26-20)19-8-6-5-7-9-19/h5-16H,1-4H3,(H,24,29)(H,25,26,28). The van der Waals surface area contributed by atoms with Crippen molar-refractivity contribution < 1.29 is 9.59 Å². The predicted molar refractivity (Wildman–Crippen MR) is 114 cm³/mol. The summed E-state index contributed by atoms with van der Waals surface area (Å²) in [5, 5.41) is 9.80. The van der Waals surface area contributed by atoms with Gasteiger partial charge in [0.2, 0.25) is 5.91 Å². The van der Waals surface area contributed by atoms with Crippen LogP contribution in [0.1, 0.15) is 43.6 Å². The smallest absolute Gasteiger partial charge is 0.251 e. The maximum atomic E-state index is 12.5. The minimum absolute atomic E-state index is 0.0192. The maximum absolute atomic E-state index is 12.5. The molecule has 0 saturated heterocycles. The van der Waals surface area contributed by atoms with Crippen LogP contribution in [0.25, 0.3) is 5.69 Å². The lowest BCUT2D eigenvalue weighted by Gasteiger charge is -2.19. The molecule has 3 rings (SSSR count). The third kappa shape index (κ3) is 5.10. The van der Waals surface area contributed by atoms with E-state index < -0.39 is 6.04 Å². The topological polar surface area (TPSA) is 76.0 Å². The molecule has 1 heterocycles. The van der Waals surface area contributed by atoms with Crippen LogP contribution in [0.3, 0.4) is 0 Å². The summed E-state index contributed by atoms with van der Waals surface area (Å²) in [7, 11) is 0. The molecule has 0 aliphatic carbocycles. The first-order valence-corrected chi connectivity index (χ1v) is 9.57. The summed E-state index contributed by atoms with van der Waals surface area (Å²) < 4.78 is 1.68. The Morgan fingerprint density at radius 1 is 0.966 bits per heavy atom. The van der Waals surface area contributed by atoms with Crippen molar-refractivity contribution in [2.45, 2.75) is 39.2 Å². The molecule has 0 aliphatic rings. The van der Waals surface area contributed by atoms with E-state index in [1.165, 1.54) is 0 Å². The number of rotatable bonds is 5. The molecule has 0 saturated carbocycles. The van der Waals surface area contributed by atoms with Gasteiger partial charge in [0, 0.05) is 17.8 Å². The van der Waals surface area contributed by atoms with E-state index in [0.717, 1.165) is 11.3 Å². The zero-order valence-electron chi connectivity index (χ0n) is 17.1. The fourth-order valence-electron chi connectivity index (χ4n) is 2.82. The quantitative estimate of drug-likeness (QED) is 0.693. The number of hydrogen-bond donors (Lipinski definition) is 2. The van der Waals surface area contributed by atoms with Crippen molar-refractivity contribution in [1.82, 2.24) is 15.1 Å². The lowest BCUT2D eigenvalue weighted by molar-refractivity contribution is -0.117. The van der Waals surface area contributed by atoms with Crippen LogP contribution in [0.4, 0.5) is 5.82 Å². The van der Waals surface area contributed by atoms with Gasteiger partial charge >= 0.3 is 0 Å². The fourth-order valence-corrected chi connectivity index (χ4v) is 2.82. The average Bonchev–Trinajstić information content (AvgIpc) is 3.16. The first kappa shape index (κ1) is 20.3. The Kier molecular flexibility index (Phi) is 5.82. The van der Waals surface area contributed by atoms with Crippen molar-refractivity contribution >= 4 is 17.6 Å². The molecular formula is C23H26N4O2. The molecule has 6 nitrogen and oxygen atoms in total. The number of amides is 2. The molecule has 29 heavy (non-hydrogen) atoms. The third-order valence-corrected chi connectivity index (χ3v) is 4.62. The zero-order valence-corrected chi connectivity index (χ0v) is 17.1. The summed E-state index contributed by atoms with van der Waals surface area (Å²) in [6.45, 7) is 8.00. The normalized spacial score (nSPS) is 12.3. The van der Waals surface area contributed by atoms with E-state index in [1.54, 1.807) is 36.0 Å². The Labute approximate surface area is 170 Å². The summed E-state index contributed by atoms with van der Waals surface area (Å²) in [4.78, 5) is 24.9.